The Morgan fingerprint density at radius 3 is 2.33 bits per heavy atom. The molecule has 0 saturated heterocycles. The number of hydrogen-bond donors (Lipinski definition) is 0. The van der Waals surface area contributed by atoms with Gasteiger partial charge < -0.3 is 9.47 Å². The highest BCUT2D eigenvalue weighted by Crippen LogP contribution is 2.36. The average Bonchev–Trinajstić information content (AvgIpc) is 2.73. The van der Waals surface area contributed by atoms with Gasteiger partial charge in [-0.1, -0.05) is 68.9 Å². The van der Waals surface area contributed by atoms with Gasteiger partial charge in [0, 0.05) is 20.1 Å². The molecule has 3 aromatic carbocycles. The van der Waals surface area contributed by atoms with E-state index < -0.39 is 0 Å². The summed E-state index contributed by atoms with van der Waals surface area (Å²) in [7, 11) is 1.56. The predicted molar refractivity (Wildman–Crippen MR) is 126 cm³/mol. The average molecular weight is 524 g/mol. The fourth-order valence-corrected chi connectivity index (χ4v) is 3.78. The molecular formula is C23H15BrCl3NO2. The van der Waals surface area contributed by atoms with Crippen molar-refractivity contribution in [2.45, 2.75) is 6.61 Å². The van der Waals surface area contributed by atoms with Crippen LogP contribution in [0.4, 0.5) is 0 Å². The summed E-state index contributed by atoms with van der Waals surface area (Å²) in [5, 5.41) is 11.2. The van der Waals surface area contributed by atoms with Crippen molar-refractivity contribution in [2.24, 2.45) is 0 Å². The first-order valence-electron chi connectivity index (χ1n) is 8.73. The third-order valence-electron chi connectivity index (χ3n) is 4.23. The lowest BCUT2D eigenvalue weighted by Crippen LogP contribution is -1.98. The van der Waals surface area contributed by atoms with Crippen LogP contribution in [0.1, 0.15) is 16.7 Å². The Morgan fingerprint density at radius 1 is 1.00 bits per heavy atom. The van der Waals surface area contributed by atoms with Crippen molar-refractivity contribution in [3.05, 3.63) is 90.8 Å². The van der Waals surface area contributed by atoms with Crippen molar-refractivity contribution in [1.82, 2.24) is 0 Å². The fraction of sp³-hybridized carbons (Fsp3) is 0.0870. The van der Waals surface area contributed by atoms with E-state index in [0.29, 0.717) is 44.3 Å². The summed E-state index contributed by atoms with van der Waals surface area (Å²) in [6, 6.07) is 18.2. The maximum absolute atomic E-state index is 9.65. The molecule has 0 aliphatic heterocycles. The molecule has 0 atom stereocenters. The van der Waals surface area contributed by atoms with Crippen LogP contribution in [0.5, 0.6) is 11.5 Å². The summed E-state index contributed by atoms with van der Waals surface area (Å²) >= 11 is 21.7. The second-order valence-corrected chi connectivity index (χ2v) is 8.37. The van der Waals surface area contributed by atoms with Crippen molar-refractivity contribution < 1.29 is 9.47 Å². The summed E-state index contributed by atoms with van der Waals surface area (Å²) in [6.07, 6.45) is 1.73. The molecule has 0 heterocycles. The maximum atomic E-state index is 9.65. The Morgan fingerprint density at radius 2 is 1.70 bits per heavy atom. The van der Waals surface area contributed by atoms with Crippen LogP contribution in [0.15, 0.2) is 59.1 Å². The number of rotatable bonds is 6. The number of allylic oxidation sites excluding steroid dienone is 1. The highest BCUT2D eigenvalue weighted by molar-refractivity contribution is 9.10. The van der Waals surface area contributed by atoms with Gasteiger partial charge in [0.15, 0.2) is 11.5 Å². The molecule has 0 N–H and O–H groups in total. The second kappa shape index (κ2) is 10.2. The van der Waals surface area contributed by atoms with Gasteiger partial charge in [0.25, 0.3) is 0 Å². The van der Waals surface area contributed by atoms with Crippen LogP contribution in [-0.2, 0) is 6.61 Å². The number of methoxy groups -OCH3 is 1. The molecule has 7 heteroatoms. The Hall–Kier alpha value is -2.16. The fourth-order valence-electron chi connectivity index (χ4n) is 2.71. The molecule has 30 heavy (non-hydrogen) atoms. The van der Waals surface area contributed by atoms with Crippen molar-refractivity contribution in [3.63, 3.8) is 0 Å². The van der Waals surface area contributed by atoms with Gasteiger partial charge in [-0.2, -0.15) is 5.26 Å². The van der Waals surface area contributed by atoms with Gasteiger partial charge in [0.05, 0.1) is 23.8 Å². The Kier molecular flexibility index (Phi) is 7.69. The zero-order valence-corrected chi connectivity index (χ0v) is 19.6. The topological polar surface area (TPSA) is 42.2 Å². The van der Waals surface area contributed by atoms with Crippen LogP contribution >= 0.6 is 50.7 Å². The van der Waals surface area contributed by atoms with Gasteiger partial charge in [-0.15, -0.1) is 0 Å². The molecule has 0 aliphatic carbocycles. The first-order chi connectivity index (χ1) is 14.4. The summed E-state index contributed by atoms with van der Waals surface area (Å²) in [6.45, 7) is 0.360. The molecule has 0 unspecified atom stereocenters. The molecule has 0 aromatic heterocycles. The highest BCUT2D eigenvalue weighted by atomic mass is 79.9. The van der Waals surface area contributed by atoms with Crippen LogP contribution in [0.25, 0.3) is 11.6 Å². The van der Waals surface area contributed by atoms with Gasteiger partial charge in [-0.25, -0.2) is 0 Å². The molecule has 0 saturated carbocycles. The van der Waals surface area contributed by atoms with Gasteiger partial charge in [-0.3, -0.25) is 0 Å². The quantitative estimate of drug-likeness (QED) is 0.242. The standard InChI is InChI=1S/C23H15BrCl3NO2/c1-29-22-9-15(8-16(12-28)19-7-6-18(26)10-21(19)27)20(24)11-23(22)30-13-14-2-4-17(25)5-3-14/h2-11H,13H2,1H3/b16-8+. The molecular weight excluding hydrogens is 509 g/mol. The molecule has 0 fully saturated rings. The van der Waals surface area contributed by atoms with Crippen molar-refractivity contribution in [2.75, 3.05) is 7.11 Å². The first kappa shape index (κ1) is 22.5. The normalized spacial score (nSPS) is 11.1. The van der Waals surface area contributed by atoms with E-state index in [2.05, 4.69) is 22.0 Å². The van der Waals surface area contributed by atoms with Crippen molar-refractivity contribution >= 4 is 62.4 Å². The molecule has 3 rings (SSSR count). The van der Waals surface area contributed by atoms with Gasteiger partial charge >= 0.3 is 0 Å². The van der Waals surface area contributed by atoms with E-state index in [1.54, 1.807) is 43.5 Å². The van der Waals surface area contributed by atoms with E-state index in [0.717, 1.165) is 15.6 Å². The van der Waals surface area contributed by atoms with Crippen molar-refractivity contribution in [1.29, 1.82) is 5.26 Å². The van der Waals surface area contributed by atoms with E-state index >= 15 is 0 Å². The minimum absolute atomic E-state index is 0.360. The number of nitrogens with zero attached hydrogens (tertiary/aromatic N) is 1. The minimum atomic E-state index is 0.360. The Labute approximate surface area is 198 Å². The molecule has 3 nitrogen and oxygen atoms in total. The number of benzene rings is 3. The van der Waals surface area contributed by atoms with E-state index in [-0.39, 0.29) is 0 Å². The zero-order chi connectivity index (χ0) is 21.7. The van der Waals surface area contributed by atoms with Gasteiger partial charge in [0.2, 0.25) is 0 Å². The van der Waals surface area contributed by atoms with E-state index in [4.69, 9.17) is 44.3 Å². The number of ether oxygens (including phenoxy) is 2. The third-order valence-corrected chi connectivity index (χ3v) is 5.72. The van der Waals surface area contributed by atoms with Gasteiger partial charge in [-0.05, 0) is 53.6 Å². The molecule has 0 radical (unpaired) electrons. The predicted octanol–water partition coefficient (Wildman–Crippen LogP) is 8.06. The van der Waals surface area contributed by atoms with E-state index in [1.807, 2.05) is 24.3 Å². The molecule has 0 bridgehead atoms. The van der Waals surface area contributed by atoms with Crippen molar-refractivity contribution in [3.8, 4) is 17.6 Å². The van der Waals surface area contributed by atoms with Gasteiger partial charge in [0.1, 0.15) is 6.61 Å². The minimum Gasteiger partial charge on any atom is -0.493 e. The molecule has 0 aliphatic rings. The van der Waals surface area contributed by atoms with E-state index in [9.17, 15) is 5.26 Å². The zero-order valence-electron chi connectivity index (χ0n) is 15.8. The first-order valence-corrected chi connectivity index (χ1v) is 10.7. The second-order valence-electron chi connectivity index (χ2n) is 6.23. The molecule has 0 amide bonds. The Balaban J connectivity index is 1.91. The Bertz CT molecular complexity index is 1140. The van der Waals surface area contributed by atoms with Crippen LogP contribution < -0.4 is 9.47 Å². The summed E-state index contributed by atoms with van der Waals surface area (Å²) in [5.41, 5.74) is 2.71. The lowest BCUT2D eigenvalue weighted by atomic mass is 10.0. The summed E-state index contributed by atoms with van der Waals surface area (Å²) in [4.78, 5) is 0. The van der Waals surface area contributed by atoms with E-state index in [1.165, 1.54) is 0 Å². The maximum Gasteiger partial charge on any atom is 0.162 e. The van der Waals surface area contributed by atoms with Crippen LogP contribution in [-0.4, -0.2) is 7.11 Å². The smallest absolute Gasteiger partial charge is 0.162 e. The molecule has 0 spiro atoms. The SMILES string of the molecule is COc1cc(/C=C(\C#N)c2ccc(Cl)cc2Cl)c(Br)cc1OCc1ccc(Cl)cc1. The summed E-state index contributed by atoms with van der Waals surface area (Å²) in [5.74, 6) is 1.11. The highest BCUT2D eigenvalue weighted by Gasteiger charge is 2.13. The monoisotopic (exact) mass is 521 g/mol. The largest absolute Gasteiger partial charge is 0.493 e. The third kappa shape index (κ3) is 5.50. The molecule has 3 aromatic rings. The number of nitriles is 1. The molecule has 152 valence electrons. The van der Waals surface area contributed by atoms with Crippen LogP contribution in [0.3, 0.4) is 0 Å². The lowest BCUT2D eigenvalue weighted by molar-refractivity contribution is 0.284. The lowest BCUT2D eigenvalue weighted by Gasteiger charge is -2.13. The number of hydrogen-bond acceptors (Lipinski definition) is 3. The number of halogens is 4. The summed E-state index contributed by atoms with van der Waals surface area (Å²) < 4.78 is 12.1. The van der Waals surface area contributed by atoms with Crippen LogP contribution in [0.2, 0.25) is 15.1 Å². The van der Waals surface area contributed by atoms with Crippen LogP contribution in [0, 0.1) is 11.3 Å².